The topological polar surface area (TPSA) is 77.0 Å². The third kappa shape index (κ3) is 3.38. The van der Waals surface area contributed by atoms with E-state index in [1.807, 2.05) is 0 Å². The van der Waals surface area contributed by atoms with Gasteiger partial charge in [0.1, 0.15) is 16.8 Å². The quantitative estimate of drug-likeness (QED) is 0.689. The Balaban J connectivity index is 2.13. The van der Waals surface area contributed by atoms with Gasteiger partial charge < -0.3 is 10.1 Å². The molecule has 94 valence electrons. The van der Waals surface area contributed by atoms with E-state index in [1.165, 1.54) is 24.5 Å². The van der Waals surface area contributed by atoms with E-state index in [1.54, 1.807) is 13.0 Å². The van der Waals surface area contributed by atoms with E-state index in [0.717, 1.165) is 0 Å². The Kier molecular flexibility index (Phi) is 3.73. The van der Waals surface area contributed by atoms with Crippen molar-refractivity contribution in [2.75, 3.05) is 5.32 Å². The average Bonchev–Trinajstić information content (AvgIpc) is 2.62. The number of anilines is 2. The lowest BCUT2D eigenvalue weighted by atomic mass is 10.5. The van der Waals surface area contributed by atoms with Crippen LogP contribution in [-0.2, 0) is 4.79 Å². The summed E-state index contributed by atoms with van der Waals surface area (Å²) in [7, 11) is 0. The molecule has 0 spiro atoms. The van der Waals surface area contributed by atoms with E-state index in [9.17, 15) is 4.79 Å². The number of carbonyl (C=O) groups is 1. The maximum absolute atomic E-state index is 10.8. The molecule has 0 bridgehead atoms. The maximum atomic E-state index is 10.8. The summed E-state index contributed by atoms with van der Waals surface area (Å²) in [5.74, 6) is 0.712. The summed E-state index contributed by atoms with van der Waals surface area (Å²) in [6, 6.07) is 1.58. The largest absolute Gasteiger partial charge is 0.414 e. The van der Waals surface area contributed by atoms with Gasteiger partial charge in [-0.2, -0.15) is 0 Å². The predicted molar refractivity (Wildman–Crippen MR) is 68.5 cm³/mol. The van der Waals surface area contributed by atoms with E-state index in [2.05, 4.69) is 20.3 Å². The minimum atomic E-state index is -0.383. The third-order valence-corrected chi connectivity index (χ3v) is 2.75. The molecule has 2 heterocycles. The molecule has 6 nitrogen and oxygen atoms in total. The van der Waals surface area contributed by atoms with E-state index < -0.39 is 0 Å². The number of carbonyl (C=O) groups excluding carboxylic acids is 1. The van der Waals surface area contributed by atoms with Crippen molar-refractivity contribution < 1.29 is 9.53 Å². The first-order chi connectivity index (χ1) is 8.52. The Morgan fingerprint density at radius 1 is 1.50 bits per heavy atom. The number of aromatic nitrogens is 3. The van der Waals surface area contributed by atoms with Crippen molar-refractivity contribution in [3.8, 4) is 5.06 Å². The first kappa shape index (κ1) is 12.7. The van der Waals surface area contributed by atoms with Gasteiger partial charge in [-0.1, -0.05) is 22.9 Å². The lowest BCUT2D eigenvalue weighted by molar-refractivity contribution is -0.131. The molecule has 0 fully saturated rings. The van der Waals surface area contributed by atoms with Crippen LogP contribution in [0.5, 0.6) is 5.06 Å². The van der Waals surface area contributed by atoms with Gasteiger partial charge in [0.05, 0.1) is 6.20 Å². The van der Waals surface area contributed by atoms with Gasteiger partial charge in [0.25, 0.3) is 0 Å². The number of thiazole rings is 1. The van der Waals surface area contributed by atoms with Gasteiger partial charge in [0.2, 0.25) is 5.06 Å². The van der Waals surface area contributed by atoms with Crippen LogP contribution in [0.2, 0.25) is 5.15 Å². The summed E-state index contributed by atoms with van der Waals surface area (Å²) >= 11 is 7.01. The molecule has 1 N–H and O–H groups in total. The molecule has 0 saturated carbocycles. The number of hydrogen-bond donors (Lipinski definition) is 1. The smallest absolute Gasteiger partial charge is 0.308 e. The fourth-order valence-corrected chi connectivity index (χ4v) is 2.15. The van der Waals surface area contributed by atoms with Crippen LogP contribution in [0.15, 0.2) is 12.3 Å². The molecule has 0 radical (unpaired) electrons. The molecule has 2 aromatic rings. The molecule has 0 aliphatic rings. The monoisotopic (exact) mass is 284 g/mol. The van der Waals surface area contributed by atoms with E-state index in [-0.39, 0.29) is 5.97 Å². The summed E-state index contributed by atoms with van der Waals surface area (Å²) in [4.78, 5) is 22.9. The second-order valence-corrected chi connectivity index (χ2v) is 4.71. The Bertz CT molecular complexity index is 567. The highest BCUT2D eigenvalue weighted by atomic mass is 35.5. The van der Waals surface area contributed by atoms with Crippen LogP contribution in [0, 0.1) is 6.92 Å². The SMILES string of the molecule is CC(=O)Oc1cnc(Nc2cc(Cl)nc(C)n2)s1. The highest BCUT2D eigenvalue weighted by Gasteiger charge is 2.07. The van der Waals surface area contributed by atoms with Crippen LogP contribution in [0.1, 0.15) is 12.7 Å². The van der Waals surface area contributed by atoms with Crippen molar-refractivity contribution in [3.63, 3.8) is 0 Å². The van der Waals surface area contributed by atoms with E-state index in [4.69, 9.17) is 16.3 Å². The van der Waals surface area contributed by atoms with Gasteiger partial charge in [-0.15, -0.1) is 0 Å². The molecule has 0 amide bonds. The van der Waals surface area contributed by atoms with Gasteiger partial charge in [0.15, 0.2) is 5.13 Å². The second-order valence-electron chi connectivity index (χ2n) is 3.33. The molecule has 2 rings (SSSR count). The predicted octanol–water partition coefficient (Wildman–Crippen LogP) is 2.56. The molecule has 0 atom stereocenters. The van der Waals surface area contributed by atoms with Gasteiger partial charge >= 0.3 is 5.97 Å². The Hall–Kier alpha value is -1.73. The highest BCUT2D eigenvalue weighted by molar-refractivity contribution is 7.17. The fourth-order valence-electron chi connectivity index (χ4n) is 1.21. The Morgan fingerprint density at radius 3 is 2.94 bits per heavy atom. The highest BCUT2D eigenvalue weighted by Crippen LogP contribution is 2.28. The average molecular weight is 285 g/mol. The minimum Gasteiger partial charge on any atom is -0.414 e. The van der Waals surface area contributed by atoms with Crippen LogP contribution in [-0.4, -0.2) is 20.9 Å². The Labute approximate surface area is 112 Å². The number of esters is 1. The molecule has 2 aromatic heterocycles. The van der Waals surface area contributed by atoms with Gasteiger partial charge in [-0.25, -0.2) is 15.0 Å². The van der Waals surface area contributed by atoms with Crippen LogP contribution < -0.4 is 10.1 Å². The number of ether oxygens (including phenoxy) is 1. The summed E-state index contributed by atoms with van der Waals surface area (Å²) in [5.41, 5.74) is 0. The van der Waals surface area contributed by atoms with Crippen LogP contribution in [0.3, 0.4) is 0 Å². The summed E-state index contributed by atoms with van der Waals surface area (Å²) in [5, 5.41) is 4.28. The fraction of sp³-hybridized carbons (Fsp3) is 0.200. The van der Waals surface area contributed by atoms with Crippen molar-refractivity contribution in [2.24, 2.45) is 0 Å². The van der Waals surface area contributed by atoms with E-state index >= 15 is 0 Å². The van der Waals surface area contributed by atoms with Crippen molar-refractivity contribution >= 4 is 39.9 Å². The normalized spacial score (nSPS) is 10.2. The van der Waals surface area contributed by atoms with Crippen molar-refractivity contribution in [1.82, 2.24) is 15.0 Å². The van der Waals surface area contributed by atoms with Crippen LogP contribution in [0.25, 0.3) is 0 Å². The summed E-state index contributed by atoms with van der Waals surface area (Å²) in [6.45, 7) is 3.07. The first-order valence-electron chi connectivity index (χ1n) is 4.95. The summed E-state index contributed by atoms with van der Waals surface area (Å²) < 4.78 is 4.90. The van der Waals surface area contributed by atoms with Gasteiger partial charge in [-0.3, -0.25) is 4.79 Å². The molecular formula is C10H9ClN4O2S. The number of halogens is 1. The van der Waals surface area contributed by atoms with Crippen LogP contribution >= 0.6 is 22.9 Å². The number of nitrogens with zero attached hydrogens (tertiary/aromatic N) is 3. The molecule has 0 aliphatic heterocycles. The maximum Gasteiger partial charge on any atom is 0.308 e. The summed E-state index contributed by atoms with van der Waals surface area (Å²) in [6.07, 6.45) is 1.46. The standard InChI is InChI=1S/C10H9ClN4O2S/c1-5-13-7(11)3-8(14-5)15-10-12-4-9(18-10)17-6(2)16/h3-4H,1-2H3,(H,12,13,14,15). The second kappa shape index (κ2) is 5.28. The van der Waals surface area contributed by atoms with Crippen molar-refractivity contribution in [1.29, 1.82) is 0 Å². The number of aryl methyl sites for hydroxylation is 1. The zero-order chi connectivity index (χ0) is 13.1. The zero-order valence-corrected chi connectivity index (χ0v) is 11.2. The molecule has 0 aliphatic carbocycles. The molecular weight excluding hydrogens is 276 g/mol. The van der Waals surface area contributed by atoms with Gasteiger partial charge in [0, 0.05) is 13.0 Å². The minimum absolute atomic E-state index is 0.349. The lowest BCUT2D eigenvalue weighted by Gasteiger charge is -2.02. The number of nitrogens with one attached hydrogen (secondary N) is 1. The van der Waals surface area contributed by atoms with Gasteiger partial charge in [-0.05, 0) is 6.92 Å². The molecule has 18 heavy (non-hydrogen) atoms. The lowest BCUT2D eigenvalue weighted by Crippen LogP contribution is -1.99. The first-order valence-corrected chi connectivity index (χ1v) is 6.15. The van der Waals surface area contributed by atoms with E-state index in [0.29, 0.717) is 27.0 Å². The number of hydrogen-bond acceptors (Lipinski definition) is 7. The zero-order valence-electron chi connectivity index (χ0n) is 9.60. The molecule has 8 heteroatoms. The van der Waals surface area contributed by atoms with Crippen molar-refractivity contribution in [2.45, 2.75) is 13.8 Å². The molecule has 0 unspecified atom stereocenters. The Morgan fingerprint density at radius 2 is 2.28 bits per heavy atom. The van der Waals surface area contributed by atoms with Crippen LogP contribution in [0.4, 0.5) is 10.9 Å². The molecule has 0 aromatic carbocycles. The number of rotatable bonds is 3. The molecule has 0 saturated heterocycles. The third-order valence-electron chi connectivity index (χ3n) is 1.77. The van der Waals surface area contributed by atoms with Crippen molar-refractivity contribution in [3.05, 3.63) is 23.2 Å².